The van der Waals surface area contributed by atoms with E-state index in [4.69, 9.17) is 0 Å². The molecule has 3 nitrogen and oxygen atoms in total. The van der Waals surface area contributed by atoms with Crippen molar-refractivity contribution in [3.05, 3.63) is 46.8 Å². The Labute approximate surface area is 112 Å². The number of carbonyl (C=O) groups is 2. The summed E-state index contributed by atoms with van der Waals surface area (Å²) >= 11 is 2.92. The van der Waals surface area contributed by atoms with Crippen LogP contribution in [0.2, 0.25) is 0 Å². The van der Waals surface area contributed by atoms with Gasteiger partial charge >= 0.3 is 0 Å². The summed E-state index contributed by atoms with van der Waals surface area (Å²) in [5.41, 5.74) is 1.44. The molecular formula is C13H9NO2S2. The molecule has 3 rings (SSSR count). The third-order valence-electron chi connectivity index (χ3n) is 2.57. The van der Waals surface area contributed by atoms with Gasteiger partial charge in [-0.05, 0) is 6.07 Å². The fourth-order valence-electron chi connectivity index (χ4n) is 1.73. The van der Waals surface area contributed by atoms with Gasteiger partial charge in [-0.3, -0.25) is 9.59 Å². The summed E-state index contributed by atoms with van der Waals surface area (Å²) in [5.74, 6) is 0.417. The molecule has 0 fully saturated rings. The highest BCUT2D eigenvalue weighted by atomic mass is 32.2. The first-order valence-electron chi connectivity index (χ1n) is 5.40. The number of thiophene rings is 1. The number of rotatable bonds is 2. The Balaban J connectivity index is 1.94. The first kappa shape index (κ1) is 11.5. The maximum atomic E-state index is 12.2. The van der Waals surface area contributed by atoms with Gasteiger partial charge in [-0.1, -0.05) is 30.3 Å². The molecule has 1 aliphatic heterocycles. The molecular weight excluding hydrogens is 266 g/mol. The van der Waals surface area contributed by atoms with Crippen molar-refractivity contribution in [1.29, 1.82) is 0 Å². The van der Waals surface area contributed by atoms with Crippen molar-refractivity contribution in [2.24, 2.45) is 0 Å². The second kappa shape index (κ2) is 4.59. The maximum absolute atomic E-state index is 12.2. The molecule has 0 aliphatic carbocycles. The van der Waals surface area contributed by atoms with Crippen LogP contribution in [0.5, 0.6) is 0 Å². The summed E-state index contributed by atoms with van der Waals surface area (Å²) in [5, 5.41) is 2.79. The number of benzene rings is 1. The lowest BCUT2D eigenvalue weighted by Crippen LogP contribution is -2.17. The van der Waals surface area contributed by atoms with E-state index < -0.39 is 0 Å². The van der Waals surface area contributed by atoms with E-state index in [1.807, 2.05) is 18.2 Å². The topological polar surface area (TPSA) is 46.2 Å². The number of ketones is 1. The number of hydrogen-bond acceptors (Lipinski definition) is 4. The molecule has 2 heterocycles. The maximum Gasteiger partial charge on any atom is 0.234 e. The predicted molar refractivity (Wildman–Crippen MR) is 73.5 cm³/mol. The Morgan fingerprint density at radius 2 is 2.00 bits per heavy atom. The lowest BCUT2D eigenvalue weighted by molar-refractivity contribution is -0.113. The molecule has 18 heavy (non-hydrogen) atoms. The van der Waals surface area contributed by atoms with Crippen LogP contribution in [0, 0.1) is 0 Å². The Morgan fingerprint density at radius 3 is 2.78 bits per heavy atom. The Kier molecular flexibility index (Phi) is 2.93. The van der Waals surface area contributed by atoms with Crippen LogP contribution in [0.15, 0.2) is 40.6 Å². The molecule has 0 atom stereocenters. The molecule has 1 aromatic carbocycles. The number of hydrogen-bond donors (Lipinski definition) is 1. The van der Waals surface area contributed by atoms with Crippen LogP contribution in [0.3, 0.4) is 0 Å². The van der Waals surface area contributed by atoms with E-state index >= 15 is 0 Å². The summed E-state index contributed by atoms with van der Waals surface area (Å²) in [6.45, 7) is 0. The van der Waals surface area contributed by atoms with E-state index in [0.717, 1.165) is 9.90 Å². The van der Waals surface area contributed by atoms with E-state index in [9.17, 15) is 9.59 Å². The van der Waals surface area contributed by atoms with Gasteiger partial charge in [0.25, 0.3) is 0 Å². The number of amides is 1. The van der Waals surface area contributed by atoms with Gasteiger partial charge < -0.3 is 5.32 Å². The highest BCUT2D eigenvalue weighted by Crippen LogP contribution is 2.39. The monoisotopic (exact) mass is 275 g/mol. The summed E-state index contributed by atoms with van der Waals surface area (Å²) in [7, 11) is 0. The van der Waals surface area contributed by atoms with Gasteiger partial charge in [0.15, 0.2) is 0 Å². The second-order valence-electron chi connectivity index (χ2n) is 3.84. The van der Waals surface area contributed by atoms with E-state index in [1.54, 1.807) is 18.2 Å². The minimum atomic E-state index is -0.0102. The third-order valence-corrected chi connectivity index (χ3v) is 4.99. The standard InChI is InChI=1S/C13H9NO2S2/c15-11-7-17-13-9(14-11)6-10(18-13)12(16)8-4-2-1-3-5-8/h1-6H,7H2,(H,14,15). The average Bonchev–Trinajstić information content (AvgIpc) is 2.81. The van der Waals surface area contributed by atoms with Gasteiger partial charge in [-0.2, -0.15) is 0 Å². The van der Waals surface area contributed by atoms with Gasteiger partial charge in [0.1, 0.15) is 0 Å². The van der Waals surface area contributed by atoms with E-state index in [-0.39, 0.29) is 11.7 Å². The van der Waals surface area contributed by atoms with Crippen LogP contribution in [0.4, 0.5) is 5.69 Å². The summed E-state index contributed by atoms with van der Waals surface area (Å²) < 4.78 is 1.01. The van der Waals surface area contributed by atoms with E-state index in [0.29, 0.717) is 16.2 Å². The molecule has 1 N–H and O–H groups in total. The van der Waals surface area contributed by atoms with Crippen molar-refractivity contribution < 1.29 is 9.59 Å². The van der Waals surface area contributed by atoms with Crippen LogP contribution >= 0.6 is 23.1 Å². The van der Waals surface area contributed by atoms with Crippen LogP contribution < -0.4 is 5.32 Å². The molecule has 0 saturated carbocycles. The van der Waals surface area contributed by atoms with Crippen LogP contribution in [-0.4, -0.2) is 17.4 Å². The summed E-state index contributed by atoms with van der Waals surface area (Å²) in [4.78, 5) is 24.2. The van der Waals surface area contributed by atoms with E-state index in [1.165, 1.54) is 23.1 Å². The normalized spacial score (nSPS) is 13.9. The molecule has 0 saturated heterocycles. The molecule has 1 aliphatic rings. The zero-order valence-corrected chi connectivity index (χ0v) is 10.9. The summed E-state index contributed by atoms with van der Waals surface area (Å²) in [6, 6.07) is 10.9. The molecule has 0 spiro atoms. The Bertz CT molecular complexity index is 619. The fourth-order valence-corrected chi connectivity index (χ4v) is 3.82. The first-order chi connectivity index (χ1) is 8.74. The molecule has 5 heteroatoms. The highest BCUT2D eigenvalue weighted by Gasteiger charge is 2.21. The van der Waals surface area contributed by atoms with Crippen LogP contribution in [0.25, 0.3) is 0 Å². The van der Waals surface area contributed by atoms with Crippen LogP contribution in [-0.2, 0) is 4.79 Å². The van der Waals surface area contributed by atoms with Gasteiger partial charge in [-0.25, -0.2) is 0 Å². The van der Waals surface area contributed by atoms with Crippen molar-refractivity contribution in [2.75, 3.05) is 11.1 Å². The number of thioether (sulfide) groups is 1. The minimum absolute atomic E-state index is 0.00449. The SMILES string of the molecule is O=C1CSc2sc(C(=O)c3ccccc3)cc2N1. The fraction of sp³-hybridized carbons (Fsp3) is 0.0769. The lowest BCUT2D eigenvalue weighted by atomic mass is 10.1. The smallest absolute Gasteiger partial charge is 0.234 e. The van der Waals surface area contributed by atoms with Crippen molar-refractivity contribution in [3.63, 3.8) is 0 Å². The number of carbonyl (C=O) groups excluding carboxylic acids is 2. The van der Waals surface area contributed by atoms with Gasteiger partial charge in [0, 0.05) is 5.56 Å². The van der Waals surface area contributed by atoms with Gasteiger partial charge in [0.2, 0.25) is 11.7 Å². The zero-order valence-electron chi connectivity index (χ0n) is 9.30. The molecule has 0 radical (unpaired) electrons. The molecule has 1 amide bonds. The highest BCUT2D eigenvalue weighted by molar-refractivity contribution is 8.02. The minimum Gasteiger partial charge on any atom is -0.324 e. The molecule has 90 valence electrons. The number of nitrogens with one attached hydrogen (secondary N) is 1. The average molecular weight is 275 g/mol. The van der Waals surface area contributed by atoms with Crippen molar-refractivity contribution in [2.45, 2.75) is 4.21 Å². The predicted octanol–water partition coefficient (Wildman–Crippen LogP) is 3.02. The second-order valence-corrected chi connectivity index (χ2v) is 6.14. The number of anilines is 1. The largest absolute Gasteiger partial charge is 0.324 e. The van der Waals surface area contributed by atoms with Crippen LogP contribution in [0.1, 0.15) is 15.2 Å². The summed E-state index contributed by atoms with van der Waals surface area (Å²) in [6.07, 6.45) is 0. The van der Waals surface area contributed by atoms with Crippen molar-refractivity contribution in [3.8, 4) is 0 Å². The van der Waals surface area contributed by atoms with E-state index in [2.05, 4.69) is 5.32 Å². The quantitative estimate of drug-likeness (QED) is 0.857. The Morgan fingerprint density at radius 1 is 1.22 bits per heavy atom. The van der Waals surface area contributed by atoms with Gasteiger partial charge in [0.05, 0.1) is 20.5 Å². The zero-order chi connectivity index (χ0) is 12.5. The number of fused-ring (bicyclic) bond motifs is 1. The lowest BCUT2D eigenvalue weighted by Gasteiger charge is -2.10. The van der Waals surface area contributed by atoms with Gasteiger partial charge in [-0.15, -0.1) is 23.1 Å². The van der Waals surface area contributed by atoms with Crippen molar-refractivity contribution in [1.82, 2.24) is 0 Å². The Hall–Kier alpha value is -1.59. The molecule has 1 aromatic heterocycles. The molecule has 0 bridgehead atoms. The first-order valence-corrected chi connectivity index (χ1v) is 7.20. The molecule has 0 unspecified atom stereocenters. The molecule has 2 aromatic rings. The van der Waals surface area contributed by atoms with Crippen molar-refractivity contribution >= 4 is 40.5 Å². The third kappa shape index (κ3) is 2.07.